The molecule has 0 amide bonds. The van der Waals surface area contributed by atoms with Gasteiger partial charge in [0.2, 0.25) is 0 Å². The van der Waals surface area contributed by atoms with Gasteiger partial charge in [-0.15, -0.1) is 10.2 Å². The van der Waals surface area contributed by atoms with Crippen LogP contribution in [-0.4, -0.2) is 101 Å². The standard InChI is InChI=1S/C38H55N3O3Si.C35H50IN3O3Si.C9H17BO2/c1-27(2)23-28-24-31(25-28)41-36(29-19-20-29)35(39-40-41)30(26-34(42)44-37(3,4)5)21-22-43-45(38(6,7)8,32-15-11-9-12-16-32)33-17-13-10-14-18-33;1-25(2)21-26-22-28(23-26)39-33(36)32(37-38-39)27(24-31(40)42-34(3,4)5)19-20-41-43(35(6,7)8,29-15-11-9-12-16-29)30-17-13-10-14-18-30;1-8(2)9(3,4)12-10(11-8)7-5-6-7/h9-18,27-31H,19-26H2,1-8H3;9-18,25-28H,19-24H2,1-8H3;7H,5-6H2,1-4H3. The first-order chi connectivity index (χ1) is 46.9. The largest absolute Gasteiger partial charge is 0.461 e. The molecule has 2 aromatic heterocycles. The van der Waals surface area contributed by atoms with Gasteiger partial charge in [0.1, 0.15) is 14.9 Å². The van der Waals surface area contributed by atoms with Crippen LogP contribution < -0.4 is 20.7 Å². The third kappa shape index (κ3) is 19.8. The van der Waals surface area contributed by atoms with Crippen molar-refractivity contribution in [3.63, 3.8) is 0 Å². The van der Waals surface area contributed by atoms with Gasteiger partial charge < -0.3 is 27.6 Å². The molecule has 546 valence electrons. The maximum absolute atomic E-state index is 13.3. The van der Waals surface area contributed by atoms with Crippen LogP contribution in [0.4, 0.5) is 0 Å². The van der Waals surface area contributed by atoms with Crippen LogP contribution in [-0.2, 0) is 37.2 Å². The van der Waals surface area contributed by atoms with E-state index in [2.05, 4.69) is 261 Å². The molecule has 1 aliphatic heterocycles. The number of benzene rings is 4. The summed E-state index contributed by atoms with van der Waals surface area (Å²) in [6.45, 7) is 44.0. The summed E-state index contributed by atoms with van der Waals surface area (Å²) in [5.74, 6) is 3.45. The van der Waals surface area contributed by atoms with Crippen LogP contribution in [0.25, 0.3) is 0 Å². The lowest BCUT2D eigenvalue weighted by Gasteiger charge is -2.43. The first-order valence-corrected chi connectivity index (χ1v) is 42.7. The second-order valence-corrected chi connectivity index (χ2v) is 45.2. The van der Waals surface area contributed by atoms with E-state index in [0.29, 0.717) is 55.8 Å². The highest BCUT2D eigenvalue weighted by atomic mass is 127. The van der Waals surface area contributed by atoms with E-state index in [1.165, 1.54) is 77.8 Å². The maximum Gasteiger partial charge on any atom is 0.461 e. The maximum atomic E-state index is 13.3. The molecule has 0 radical (unpaired) electrons. The van der Waals surface area contributed by atoms with E-state index in [9.17, 15) is 9.59 Å². The van der Waals surface area contributed by atoms with Crippen molar-refractivity contribution in [1.82, 2.24) is 30.0 Å². The summed E-state index contributed by atoms with van der Waals surface area (Å²) < 4.78 is 43.2. The van der Waals surface area contributed by atoms with Gasteiger partial charge in [-0.1, -0.05) is 214 Å². The molecular weight excluding hydrogens is 1390 g/mol. The molecule has 14 nitrogen and oxygen atoms in total. The summed E-state index contributed by atoms with van der Waals surface area (Å²) in [4.78, 5) is 26.5. The van der Waals surface area contributed by atoms with Crippen molar-refractivity contribution in [2.75, 3.05) is 13.2 Å². The quantitative estimate of drug-likeness (QED) is 0.0289. The summed E-state index contributed by atoms with van der Waals surface area (Å²) in [7, 11) is -5.34. The van der Waals surface area contributed by atoms with Gasteiger partial charge in [-0.3, -0.25) is 9.59 Å². The number of esters is 2. The molecule has 6 aromatic rings. The third-order valence-electron chi connectivity index (χ3n) is 21.2. The molecular formula is C82H122BIN6O8Si2. The van der Waals surface area contributed by atoms with E-state index in [0.717, 1.165) is 45.7 Å². The summed E-state index contributed by atoms with van der Waals surface area (Å²) >= 11 is 2.38. The normalized spacial score (nSPS) is 20.7. The number of carbonyl (C=O) groups is 2. The van der Waals surface area contributed by atoms with Crippen LogP contribution >= 0.6 is 22.6 Å². The number of hydrogen-bond acceptors (Lipinski definition) is 12. The Morgan fingerprint density at radius 2 is 0.870 bits per heavy atom. The molecule has 0 spiro atoms. The fraction of sp³-hybridized carbons (Fsp3) is 0.634. The van der Waals surface area contributed by atoms with Crippen LogP contribution in [0.1, 0.15) is 275 Å². The monoisotopic (exact) mass is 1510 g/mol. The Hall–Kier alpha value is -4.83. The lowest BCUT2D eigenvalue weighted by Crippen LogP contribution is -2.66. The van der Waals surface area contributed by atoms with Gasteiger partial charge in [-0.25, -0.2) is 9.36 Å². The smallest absolute Gasteiger partial charge is 0.460 e. The molecule has 0 bridgehead atoms. The van der Waals surface area contributed by atoms with Crippen LogP contribution in [0.3, 0.4) is 0 Å². The highest BCUT2D eigenvalue weighted by Crippen LogP contribution is 2.51. The fourth-order valence-electron chi connectivity index (χ4n) is 15.4. The van der Waals surface area contributed by atoms with Crippen molar-refractivity contribution in [1.29, 1.82) is 0 Å². The van der Waals surface area contributed by atoms with E-state index in [1.54, 1.807) is 0 Å². The third-order valence-corrected chi connectivity index (χ3v) is 32.4. The average molecular weight is 1510 g/mol. The van der Waals surface area contributed by atoms with Crippen molar-refractivity contribution in [2.24, 2.45) is 23.7 Å². The Labute approximate surface area is 617 Å². The molecule has 5 aliphatic rings. The molecule has 2 atom stereocenters. The minimum atomic E-state index is -2.71. The molecule has 3 heterocycles. The average Bonchev–Trinajstić information content (AvgIpc) is 1.32. The zero-order valence-electron chi connectivity index (χ0n) is 64.5. The van der Waals surface area contributed by atoms with Crippen LogP contribution in [0.2, 0.25) is 15.9 Å². The van der Waals surface area contributed by atoms with E-state index in [4.69, 9.17) is 37.9 Å². The number of ether oxygens (including phenoxy) is 2. The summed E-state index contributed by atoms with van der Waals surface area (Å²) in [6.07, 6.45) is 13.9. The lowest BCUT2D eigenvalue weighted by molar-refractivity contribution is -0.156. The first kappa shape index (κ1) is 79.3. The van der Waals surface area contributed by atoms with Crippen molar-refractivity contribution in [3.05, 3.63) is 142 Å². The molecule has 0 N–H and O–H groups in total. The van der Waals surface area contributed by atoms with Crippen molar-refractivity contribution in [2.45, 2.75) is 297 Å². The summed E-state index contributed by atoms with van der Waals surface area (Å²) in [5, 5.41) is 23.7. The minimum absolute atomic E-state index is 0.0648. The number of nitrogens with zero attached hydrogens (tertiary/aromatic N) is 6. The van der Waals surface area contributed by atoms with Crippen LogP contribution in [0.5, 0.6) is 0 Å². The number of carbonyl (C=O) groups excluding carboxylic acids is 2. The van der Waals surface area contributed by atoms with Gasteiger partial charge in [-0.05, 0) is 216 Å². The number of rotatable bonds is 26. The van der Waals surface area contributed by atoms with Gasteiger partial charge in [0.25, 0.3) is 16.6 Å². The van der Waals surface area contributed by atoms with E-state index in [-0.39, 0.29) is 65.0 Å². The molecule has 11 rings (SSSR count). The van der Waals surface area contributed by atoms with E-state index in [1.807, 2.05) is 41.5 Å². The fourth-order valence-corrected chi connectivity index (χ4v) is 25.6. The zero-order valence-corrected chi connectivity index (χ0v) is 68.7. The second-order valence-electron chi connectivity index (χ2n) is 35.6. The Bertz CT molecular complexity index is 3470. The summed E-state index contributed by atoms with van der Waals surface area (Å²) in [5.41, 5.74) is 1.77. The summed E-state index contributed by atoms with van der Waals surface area (Å²) in [6, 6.07) is 43.7. The molecule has 5 fully saturated rings. The SMILES string of the molecule is CC(C)CC1CC(n2nnc(C(CCO[Si](c3ccccc3)(c3ccccc3)C(C)(C)C)CC(=O)OC(C)(C)C)c2C2CC2)C1.CC(C)CC1CC(n2nnc(C(CCO[Si](c3ccccc3)(c3ccccc3)C(C)(C)C)CC(=O)OC(C)(C)C)c2I)C1.CC1(C)OB(C2CC2)OC1(C)C. The Morgan fingerprint density at radius 1 is 0.530 bits per heavy atom. The van der Waals surface area contributed by atoms with Gasteiger partial charge in [-0.2, -0.15) is 0 Å². The van der Waals surface area contributed by atoms with Crippen LogP contribution in [0.15, 0.2) is 121 Å². The second kappa shape index (κ2) is 32.7. The molecule has 4 aromatic carbocycles. The molecule has 4 saturated carbocycles. The zero-order chi connectivity index (χ0) is 72.8. The lowest BCUT2D eigenvalue weighted by atomic mass is 9.75. The molecule has 4 aliphatic carbocycles. The van der Waals surface area contributed by atoms with Gasteiger partial charge >= 0.3 is 19.1 Å². The molecule has 100 heavy (non-hydrogen) atoms. The van der Waals surface area contributed by atoms with Gasteiger partial charge in [0.15, 0.2) is 0 Å². The van der Waals surface area contributed by atoms with Crippen LogP contribution in [0, 0.1) is 27.4 Å². The number of hydrogen-bond donors (Lipinski definition) is 0. The molecule has 18 heteroatoms. The topological polar surface area (TPSA) is 151 Å². The van der Waals surface area contributed by atoms with E-state index < -0.39 is 27.8 Å². The minimum Gasteiger partial charge on any atom is -0.460 e. The molecule has 1 saturated heterocycles. The Kier molecular flexibility index (Phi) is 25.9. The predicted octanol–water partition coefficient (Wildman–Crippen LogP) is 17.8. The van der Waals surface area contributed by atoms with Crippen molar-refractivity contribution >= 4 is 79.0 Å². The number of halogens is 1. The highest BCUT2D eigenvalue weighted by molar-refractivity contribution is 14.1. The van der Waals surface area contributed by atoms with Crippen molar-refractivity contribution < 1.29 is 37.2 Å². The Morgan fingerprint density at radius 3 is 1.20 bits per heavy atom. The number of aromatic nitrogens is 6. The highest BCUT2D eigenvalue weighted by Gasteiger charge is 2.57. The predicted molar refractivity (Wildman–Crippen MR) is 419 cm³/mol. The van der Waals surface area contributed by atoms with Gasteiger partial charge in [0, 0.05) is 31.0 Å². The molecule has 2 unspecified atom stereocenters. The van der Waals surface area contributed by atoms with E-state index >= 15 is 0 Å². The first-order valence-electron chi connectivity index (χ1n) is 37.8. The van der Waals surface area contributed by atoms with Crippen molar-refractivity contribution in [3.8, 4) is 0 Å². The Balaban J connectivity index is 0.000000199. The van der Waals surface area contributed by atoms with Gasteiger partial charge in [0.05, 0.1) is 53.2 Å².